The molecule has 0 aliphatic rings. The average molecular weight is 424 g/mol. The van der Waals surface area contributed by atoms with Crippen LogP contribution in [0.15, 0.2) is 48.5 Å². The van der Waals surface area contributed by atoms with Crippen LogP contribution in [0.25, 0.3) is 10.9 Å². The number of H-pyrrole nitrogens is 1. The second-order valence-corrected chi connectivity index (χ2v) is 7.45. The van der Waals surface area contributed by atoms with Gasteiger partial charge in [-0.05, 0) is 49.7 Å². The summed E-state index contributed by atoms with van der Waals surface area (Å²) in [5, 5.41) is 9.83. The molecule has 0 unspecified atom stereocenters. The number of likely N-dealkylation sites (N-methyl/N-ethyl adjacent to an activating group) is 1. The largest absolute Gasteiger partial charge is 0.491 e. The van der Waals surface area contributed by atoms with Crippen LogP contribution in [0.2, 0.25) is 0 Å². The van der Waals surface area contributed by atoms with Crippen LogP contribution < -0.4 is 4.74 Å². The molecule has 0 aliphatic heterocycles. The number of benzene rings is 2. The van der Waals surface area contributed by atoms with E-state index in [0.29, 0.717) is 37.6 Å². The second kappa shape index (κ2) is 10.6. The number of nitrogens with one attached hydrogen (secondary N) is 1. The SMILES string of the molecule is CCN(CCN(C=O)Cc1ccc(OCCO)cc1)C(=O)c1cc2cc(C)ccc2[nH]1. The fourth-order valence-electron chi connectivity index (χ4n) is 3.45. The van der Waals surface area contributed by atoms with E-state index in [-0.39, 0.29) is 19.1 Å². The Morgan fingerprint density at radius 1 is 1.13 bits per heavy atom. The molecule has 0 fully saturated rings. The van der Waals surface area contributed by atoms with E-state index in [4.69, 9.17) is 9.84 Å². The van der Waals surface area contributed by atoms with E-state index in [1.54, 1.807) is 9.80 Å². The van der Waals surface area contributed by atoms with Gasteiger partial charge in [0.05, 0.1) is 6.61 Å². The number of aromatic amines is 1. The van der Waals surface area contributed by atoms with E-state index in [2.05, 4.69) is 4.98 Å². The predicted octanol–water partition coefficient (Wildman–Crippen LogP) is 2.97. The molecular weight excluding hydrogens is 394 g/mol. The third kappa shape index (κ3) is 5.86. The number of aliphatic hydroxyl groups is 1. The molecule has 2 aromatic carbocycles. The quantitative estimate of drug-likeness (QED) is 0.464. The lowest BCUT2D eigenvalue weighted by molar-refractivity contribution is -0.118. The van der Waals surface area contributed by atoms with Gasteiger partial charge < -0.3 is 24.6 Å². The maximum Gasteiger partial charge on any atom is 0.270 e. The van der Waals surface area contributed by atoms with E-state index in [0.717, 1.165) is 28.4 Å². The molecule has 31 heavy (non-hydrogen) atoms. The van der Waals surface area contributed by atoms with Gasteiger partial charge in [0, 0.05) is 37.1 Å². The molecule has 0 bridgehead atoms. The van der Waals surface area contributed by atoms with Crippen molar-refractivity contribution < 1.29 is 19.4 Å². The molecule has 0 saturated carbocycles. The Bertz CT molecular complexity index is 1010. The molecule has 0 atom stereocenters. The van der Waals surface area contributed by atoms with Crippen LogP contribution >= 0.6 is 0 Å². The minimum atomic E-state index is -0.0763. The average Bonchev–Trinajstić information content (AvgIpc) is 3.21. The van der Waals surface area contributed by atoms with E-state index in [1.165, 1.54) is 0 Å². The third-order valence-electron chi connectivity index (χ3n) is 5.15. The fourth-order valence-corrected chi connectivity index (χ4v) is 3.45. The van der Waals surface area contributed by atoms with E-state index >= 15 is 0 Å². The highest BCUT2D eigenvalue weighted by Crippen LogP contribution is 2.18. The molecular formula is C24H29N3O4. The lowest BCUT2D eigenvalue weighted by Crippen LogP contribution is -2.38. The number of aromatic nitrogens is 1. The van der Waals surface area contributed by atoms with E-state index in [1.807, 2.05) is 62.4 Å². The van der Waals surface area contributed by atoms with E-state index in [9.17, 15) is 9.59 Å². The van der Waals surface area contributed by atoms with Crippen LogP contribution in [0.4, 0.5) is 0 Å². The Kier molecular flexibility index (Phi) is 7.67. The van der Waals surface area contributed by atoms with Crippen LogP contribution in [0.3, 0.4) is 0 Å². The summed E-state index contributed by atoms with van der Waals surface area (Å²) in [4.78, 5) is 31.1. The lowest BCUT2D eigenvalue weighted by Gasteiger charge is -2.24. The van der Waals surface area contributed by atoms with Gasteiger partial charge in [-0.3, -0.25) is 9.59 Å². The van der Waals surface area contributed by atoms with Crippen molar-refractivity contribution in [3.8, 4) is 5.75 Å². The zero-order chi connectivity index (χ0) is 22.2. The molecule has 3 rings (SSSR count). The summed E-state index contributed by atoms with van der Waals surface area (Å²) in [6.07, 6.45) is 0.806. The minimum Gasteiger partial charge on any atom is -0.491 e. The third-order valence-corrected chi connectivity index (χ3v) is 5.15. The van der Waals surface area contributed by atoms with Crippen molar-refractivity contribution in [2.75, 3.05) is 32.8 Å². The summed E-state index contributed by atoms with van der Waals surface area (Å²) in [6.45, 7) is 6.04. The molecule has 2 amide bonds. The number of carbonyl (C=O) groups excluding carboxylic acids is 2. The molecule has 0 radical (unpaired) electrons. The summed E-state index contributed by atoms with van der Waals surface area (Å²) < 4.78 is 5.35. The summed E-state index contributed by atoms with van der Waals surface area (Å²) in [6, 6.07) is 15.3. The van der Waals surface area contributed by atoms with Crippen molar-refractivity contribution in [3.63, 3.8) is 0 Å². The normalized spacial score (nSPS) is 10.8. The van der Waals surface area contributed by atoms with Crippen molar-refractivity contribution >= 4 is 23.2 Å². The summed E-state index contributed by atoms with van der Waals surface area (Å²) in [5.74, 6) is 0.597. The Hall–Kier alpha value is -3.32. The van der Waals surface area contributed by atoms with Crippen molar-refractivity contribution in [3.05, 3.63) is 65.4 Å². The van der Waals surface area contributed by atoms with Crippen molar-refractivity contribution in [1.82, 2.24) is 14.8 Å². The highest BCUT2D eigenvalue weighted by molar-refractivity contribution is 5.98. The molecule has 1 heterocycles. The predicted molar refractivity (Wildman–Crippen MR) is 120 cm³/mol. The Morgan fingerprint density at radius 2 is 1.90 bits per heavy atom. The standard InChI is InChI=1S/C24H29N3O4/c1-3-27(24(30)23-15-20-14-18(2)4-9-22(20)25-23)11-10-26(17-29)16-19-5-7-21(8-6-19)31-13-12-28/h4-9,14-15,17,25,28H,3,10-13,16H2,1-2H3. The van der Waals surface area contributed by atoms with Crippen LogP contribution in [-0.2, 0) is 11.3 Å². The molecule has 0 aliphatic carbocycles. The molecule has 0 spiro atoms. The van der Waals surface area contributed by atoms with Crippen LogP contribution in [0, 0.1) is 6.92 Å². The fraction of sp³-hybridized carbons (Fsp3) is 0.333. The van der Waals surface area contributed by atoms with Crippen molar-refractivity contribution in [2.45, 2.75) is 20.4 Å². The van der Waals surface area contributed by atoms with Crippen LogP contribution in [-0.4, -0.2) is 65.1 Å². The lowest BCUT2D eigenvalue weighted by atomic mass is 10.2. The van der Waals surface area contributed by atoms with Crippen LogP contribution in [0.5, 0.6) is 5.75 Å². The van der Waals surface area contributed by atoms with Gasteiger partial charge in [0.15, 0.2) is 0 Å². The molecule has 0 saturated heterocycles. The first kappa shape index (κ1) is 22.4. The topological polar surface area (TPSA) is 85.9 Å². The number of nitrogens with zero attached hydrogens (tertiary/aromatic N) is 2. The monoisotopic (exact) mass is 423 g/mol. The Labute approximate surface area is 182 Å². The summed E-state index contributed by atoms with van der Waals surface area (Å²) in [7, 11) is 0. The van der Waals surface area contributed by atoms with Gasteiger partial charge in [0.1, 0.15) is 18.1 Å². The van der Waals surface area contributed by atoms with Crippen molar-refractivity contribution in [1.29, 1.82) is 0 Å². The van der Waals surface area contributed by atoms with Gasteiger partial charge in [0.2, 0.25) is 6.41 Å². The minimum absolute atomic E-state index is 0.0362. The maximum atomic E-state index is 13.0. The van der Waals surface area contributed by atoms with Gasteiger partial charge in [-0.25, -0.2) is 0 Å². The first-order valence-electron chi connectivity index (χ1n) is 10.4. The smallest absolute Gasteiger partial charge is 0.270 e. The maximum absolute atomic E-state index is 13.0. The molecule has 1 aromatic heterocycles. The number of amides is 2. The highest BCUT2D eigenvalue weighted by atomic mass is 16.5. The van der Waals surface area contributed by atoms with Gasteiger partial charge in [-0.15, -0.1) is 0 Å². The number of aryl methyl sites for hydroxylation is 1. The van der Waals surface area contributed by atoms with Gasteiger partial charge in [-0.2, -0.15) is 0 Å². The van der Waals surface area contributed by atoms with Gasteiger partial charge >= 0.3 is 0 Å². The first-order chi connectivity index (χ1) is 15.0. The summed E-state index contributed by atoms with van der Waals surface area (Å²) >= 11 is 0. The number of rotatable bonds is 11. The Morgan fingerprint density at radius 3 is 2.58 bits per heavy atom. The molecule has 7 heteroatoms. The zero-order valence-electron chi connectivity index (χ0n) is 18.0. The number of ether oxygens (including phenoxy) is 1. The zero-order valence-corrected chi connectivity index (χ0v) is 18.0. The molecule has 2 N–H and O–H groups in total. The van der Waals surface area contributed by atoms with Gasteiger partial charge in [0.25, 0.3) is 5.91 Å². The van der Waals surface area contributed by atoms with E-state index < -0.39 is 0 Å². The number of fused-ring (bicyclic) bond motifs is 1. The molecule has 7 nitrogen and oxygen atoms in total. The van der Waals surface area contributed by atoms with Gasteiger partial charge in [-0.1, -0.05) is 23.8 Å². The first-order valence-corrected chi connectivity index (χ1v) is 10.4. The number of hydrogen-bond donors (Lipinski definition) is 2. The molecule has 3 aromatic rings. The van der Waals surface area contributed by atoms with Crippen LogP contribution in [0.1, 0.15) is 28.5 Å². The summed E-state index contributed by atoms with van der Waals surface area (Å²) in [5.41, 5.74) is 3.60. The molecule has 164 valence electrons. The van der Waals surface area contributed by atoms with Crippen molar-refractivity contribution in [2.24, 2.45) is 0 Å². The highest BCUT2D eigenvalue weighted by Gasteiger charge is 2.17. The Balaban J connectivity index is 1.59. The number of carbonyl (C=O) groups is 2. The number of aliphatic hydroxyl groups excluding tert-OH is 1. The number of hydrogen-bond acceptors (Lipinski definition) is 4. The second-order valence-electron chi connectivity index (χ2n) is 7.45.